The summed E-state index contributed by atoms with van der Waals surface area (Å²) in [6.07, 6.45) is 0. The van der Waals surface area contributed by atoms with E-state index in [1.165, 1.54) is 15.0 Å². The van der Waals surface area contributed by atoms with Gasteiger partial charge in [0, 0.05) is 21.7 Å². The Bertz CT molecular complexity index is 422. The SMILES string of the molecule is COCc1cc2ccc(Cl)cc2s1. The molecule has 0 fully saturated rings. The van der Waals surface area contributed by atoms with E-state index < -0.39 is 0 Å². The standard InChI is InChI=1S/C10H9ClOS/c1-12-6-9-4-7-2-3-8(11)5-10(7)13-9/h2-5H,6H2,1H3. The maximum atomic E-state index is 5.88. The van der Waals surface area contributed by atoms with E-state index in [1.54, 1.807) is 18.4 Å². The minimum atomic E-state index is 0.678. The molecule has 0 atom stereocenters. The van der Waals surface area contributed by atoms with Crippen molar-refractivity contribution in [1.82, 2.24) is 0 Å². The molecule has 1 nitrogen and oxygen atoms in total. The maximum absolute atomic E-state index is 5.88. The van der Waals surface area contributed by atoms with Crippen LogP contribution in [0.3, 0.4) is 0 Å². The first-order valence-corrected chi connectivity index (χ1v) is 5.16. The molecule has 0 amide bonds. The summed E-state index contributed by atoms with van der Waals surface area (Å²) in [6, 6.07) is 8.07. The first-order chi connectivity index (χ1) is 6.29. The summed E-state index contributed by atoms with van der Waals surface area (Å²) in [5.41, 5.74) is 0. The van der Waals surface area contributed by atoms with E-state index in [0.717, 1.165) is 5.02 Å². The van der Waals surface area contributed by atoms with Gasteiger partial charge in [-0.2, -0.15) is 0 Å². The zero-order valence-electron chi connectivity index (χ0n) is 7.21. The average molecular weight is 213 g/mol. The number of rotatable bonds is 2. The predicted octanol–water partition coefficient (Wildman–Crippen LogP) is 3.70. The van der Waals surface area contributed by atoms with E-state index in [4.69, 9.17) is 16.3 Å². The lowest BCUT2D eigenvalue weighted by Gasteiger charge is -1.89. The molecule has 0 radical (unpaired) electrons. The van der Waals surface area contributed by atoms with Gasteiger partial charge in [-0.05, 0) is 23.6 Å². The van der Waals surface area contributed by atoms with Gasteiger partial charge in [0.15, 0.2) is 0 Å². The highest BCUT2D eigenvalue weighted by atomic mass is 35.5. The minimum Gasteiger partial charge on any atom is -0.379 e. The molecule has 3 heteroatoms. The van der Waals surface area contributed by atoms with Crippen LogP contribution < -0.4 is 0 Å². The topological polar surface area (TPSA) is 9.23 Å². The van der Waals surface area contributed by atoms with Crippen molar-refractivity contribution < 1.29 is 4.74 Å². The Morgan fingerprint density at radius 3 is 3.00 bits per heavy atom. The van der Waals surface area contributed by atoms with Crippen LogP contribution in [0, 0.1) is 0 Å². The predicted molar refractivity (Wildman–Crippen MR) is 57.5 cm³/mol. The highest BCUT2D eigenvalue weighted by molar-refractivity contribution is 7.19. The van der Waals surface area contributed by atoms with E-state index in [-0.39, 0.29) is 0 Å². The zero-order chi connectivity index (χ0) is 9.26. The third-order valence-electron chi connectivity index (χ3n) is 1.82. The number of hydrogen-bond acceptors (Lipinski definition) is 2. The fourth-order valence-electron chi connectivity index (χ4n) is 1.27. The largest absolute Gasteiger partial charge is 0.379 e. The molecule has 0 saturated heterocycles. The van der Waals surface area contributed by atoms with Crippen molar-refractivity contribution in [2.45, 2.75) is 6.61 Å². The van der Waals surface area contributed by atoms with E-state index in [2.05, 4.69) is 6.07 Å². The van der Waals surface area contributed by atoms with Crippen molar-refractivity contribution in [2.24, 2.45) is 0 Å². The van der Waals surface area contributed by atoms with Crippen molar-refractivity contribution >= 4 is 33.0 Å². The van der Waals surface area contributed by atoms with Crippen LogP contribution >= 0.6 is 22.9 Å². The molecule has 1 heterocycles. The van der Waals surface area contributed by atoms with Gasteiger partial charge in [-0.15, -0.1) is 11.3 Å². The number of halogens is 1. The Hall–Kier alpha value is -0.570. The molecule has 0 spiro atoms. The van der Waals surface area contributed by atoms with Crippen LogP contribution in [-0.4, -0.2) is 7.11 Å². The van der Waals surface area contributed by atoms with Crippen molar-refractivity contribution in [3.8, 4) is 0 Å². The third kappa shape index (κ3) is 1.85. The quantitative estimate of drug-likeness (QED) is 0.738. The normalized spacial score (nSPS) is 10.9. The van der Waals surface area contributed by atoms with Crippen LogP contribution in [0.4, 0.5) is 0 Å². The van der Waals surface area contributed by atoms with Gasteiger partial charge in [0.1, 0.15) is 0 Å². The summed E-state index contributed by atoms with van der Waals surface area (Å²) in [6.45, 7) is 0.678. The monoisotopic (exact) mass is 212 g/mol. The summed E-state index contributed by atoms with van der Waals surface area (Å²) in [5, 5.41) is 2.03. The van der Waals surface area contributed by atoms with Gasteiger partial charge in [0.2, 0.25) is 0 Å². The molecule has 0 bridgehead atoms. The van der Waals surface area contributed by atoms with Gasteiger partial charge in [0.05, 0.1) is 6.61 Å². The molecule has 2 rings (SSSR count). The fraction of sp³-hybridized carbons (Fsp3) is 0.200. The molecule has 0 N–H and O–H groups in total. The van der Waals surface area contributed by atoms with Gasteiger partial charge in [-0.1, -0.05) is 17.7 Å². The highest BCUT2D eigenvalue weighted by Gasteiger charge is 2.01. The molecule has 68 valence electrons. The lowest BCUT2D eigenvalue weighted by Crippen LogP contribution is -1.79. The number of hydrogen-bond donors (Lipinski definition) is 0. The molecule has 0 saturated carbocycles. The second kappa shape index (κ2) is 3.66. The summed E-state index contributed by atoms with van der Waals surface area (Å²) >= 11 is 7.61. The second-order valence-corrected chi connectivity index (χ2v) is 4.43. The van der Waals surface area contributed by atoms with Crippen molar-refractivity contribution in [3.63, 3.8) is 0 Å². The number of benzene rings is 1. The van der Waals surface area contributed by atoms with E-state index >= 15 is 0 Å². The molecule has 0 unspecified atom stereocenters. The molecule has 0 aliphatic rings. The molecule has 13 heavy (non-hydrogen) atoms. The fourth-order valence-corrected chi connectivity index (χ4v) is 2.59. The van der Waals surface area contributed by atoms with Crippen LogP contribution in [0.2, 0.25) is 5.02 Å². The summed E-state index contributed by atoms with van der Waals surface area (Å²) in [5.74, 6) is 0. The van der Waals surface area contributed by atoms with E-state index in [1.807, 2.05) is 18.2 Å². The van der Waals surface area contributed by atoms with Crippen LogP contribution in [0.25, 0.3) is 10.1 Å². The van der Waals surface area contributed by atoms with Gasteiger partial charge in [-0.3, -0.25) is 0 Å². The van der Waals surface area contributed by atoms with E-state index in [0.29, 0.717) is 6.61 Å². The Kier molecular flexibility index (Phi) is 2.54. The molecular formula is C10H9ClOS. The summed E-state index contributed by atoms with van der Waals surface area (Å²) in [7, 11) is 1.71. The molecule has 0 aliphatic carbocycles. The van der Waals surface area contributed by atoms with Gasteiger partial charge in [0.25, 0.3) is 0 Å². The smallest absolute Gasteiger partial charge is 0.0806 e. The zero-order valence-corrected chi connectivity index (χ0v) is 8.78. The summed E-state index contributed by atoms with van der Waals surface area (Å²) in [4.78, 5) is 1.24. The Balaban J connectivity index is 2.49. The van der Waals surface area contributed by atoms with Crippen molar-refractivity contribution in [1.29, 1.82) is 0 Å². The maximum Gasteiger partial charge on any atom is 0.0806 e. The van der Waals surface area contributed by atoms with Crippen LogP contribution in [-0.2, 0) is 11.3 Å². The Labute approximate surface area is 85.9 Å². The van der Waals surface area contributed by atoms with Crippen LogP contribution in [0.15, 0.2) is 24.3 Å². The molecule has 0 aliphatic heterocycles. The second-order valence-electron chi connectivity index (χ2n) is 2.83. The van der Waals surface area contributed by atoms with Crippen molar-refractivity contribution in [2.75, 3.05) is 7.11 Å². The van der Waals surface area contributed by atoms with Crippen LogP contribution in [0.1, 0.15) is 4.88 Å². The lowest BCUT2D eigenvalue weighted by atomic mass is 10.2. The van der Waals surface area contributed by atoms with Gasteiger partial charge >= 0.3 is 0 Å². The first-order valence-electron chi connectivity index (χ1n) is 3.96. The van der Waals surface area contributed by atoms with Crippen molar-refractivity contribution in [3.05, 3.63) is 34.2 Å². The number of ether oxygens (including phenoxy) is 1. The third-order valence-corrected chi connectivity index (χ3v) is 3.13. The molecular weight excluding hydrogens is 204 g/mol. The minimum absolute atomic E-state index is 0.678. The van der Waals surface area contributed by atoms with Gasteiger partial charge < -0.3 is 4.74 Å². The number of thiophene rings is 1. The summed E-state index contributed by atoms with van der Waals surface area (Å²) < 4.78 is 6.29. The lowest BCUT2D eigenvalue weighted by molar-refractivity contribution is 0.187. The average Bonchev–Trinajstić information content (AvgIpc) is 2.46. The Morgan fingerprint density at radius 1 is 1.38 bits per heavy atom. The Morgan fingerprint density at radius 2 is 2.23 bits per heavy atom. The van der Waals surface area contributed by atoms with Crippen LogP contribution in [0.5, 0.6) is 0 Å². The van der Waals surface area contributed by atoms with E-state index in [9.17, 15) is 0 Å². The number of methoxy groups -OCH3 is 1. The highest BCUT2D eigenvalue weighted by Crippen LogP contribution is 2.28. The molecule has 1 aromatic heterocycles. The first kappa shape index (κ1) is 9.00. The molecule has 1 aromatic carbocycles. The number of fused-ring (bicyclic) bond motifs is 1. The molecule has 2 aromatic rings. The van der Waals surface area contributed by atoms with Gasteiger partial charge in [-0.25, -0.2) is 0 Å².